The predicted molar refractivity (Wildman–Crippen MR) is 125 cm³/mol. The summed E-state index contributed by atoms with van der Waals surface area (Å²) in [6.07, 6.45) is 0. The van der Waals surface area contributed by atoms with Crippen LogP contribution in [0.3, 0.4) is 0 Å². The lowest BCUT2D eigenvalue weighted by Gasteiger charge is -2.06. The van der Waals surface area contributed by atoms with Gasteiger partial charge < -0.3 is 9.73 Å². The second kappa shape index (κ2) is 8.20. The Morgan fingerprint density at radius 3 is 2.58 bits per heavy atom. The lowest BCUT2D eigenvalue weighted by molar-refractivity contribution is 0.0924. The molecule has 0 atom stereocenters. The van der Waals surface area contributed by atoms with Crippen molar-refractivity contribution in [3.8, 4) is 21.8 Å². The fourth-order valence-corrected chi connectivity index (χ4v) is 4.44. The summed E-state index contributed by atoms with van der Waals surface area (Å²) in [5.41, 5.74) is 5.72. The third-order valence-electron chi connectivity index (χ3n) is 5.25. The van der Waals surface area contributed by atoms with E-state index in [4.69, 9.17) is 9.40 Å². The van der Waals surface area contributed by atoms with Crippen molar-refractivity contribution in [2.24, 2.45) is 0 Å². The first-order chi connectivity index (χ1) is 15.2. The molecule has 0 spiro atoms. The number of nitrogens with one attached hydrogen (secondary N) is 1. The molecule has 2 aromatic heterocycles. The highest BCUT2D eigenvalue weighted by Gasteiger charge is 2.17. The minimum Gasteiger partial charge on any atom is -0.451 e. The molecule has 0 aliphatic heterocycles. The Morgan fingerprint density at radius 1 is 0.968 bits per heavy atom. The zero-order valence-corrected chi connectivity index (χ0v) is 17.8. The molecular formula is C26H20N2O2S. The highest BCUT2D eigenvalue weighted by Crippen LogP contribution is 2.29. The molecule has 5 rings (SSSR count). The van der Waals surface area contributed by atoms with Crippen molar-refractivity contribution in [3.63, 3.8) is 0 Å². The summed E-state index contributed by atoms with van der Waals surface area (Å²) in [4.78, 5) is 17.5. The molecule has 1 amide bonds. The fourth-order valence-electron chi connectivity index (χ4n) is 3.62. The van der Waals surface area contributed by atoms with E-state index in [1.807, 2.05) is 67.6 Å². The Hall–Kier alpha value is -3.70. The van der Waals surface area contributed by atoms with Gasteiger partial charge in [-0.05, 0) is 24.6 Å². The molecule has 31 heavy (non-hydrogen) atoms. The molecule has 0 aliphatic carbocycles. The van der Waals surface area contributed by atoms with Crippen LogP contribution in [0, 0.1) is 6.92 Å². The Labute approximate surface area is 184 Å². The normalized spacial score (nSPS) is 11.0. The first-order valence-corrected chi connectivity index (χ1v) is 10.9. The quantitative estimate of drug-likeness (QED) is 0.352. The molecule has 152 valence electrons. The van der Waals surface area contributed by atoms with Gasteiger partial charge in [0.05, 0.1) is 5.69 Å². The smallest absolute Gasteiger partial charge is 0.287 e. The van der Waals surface area contributed by atoms with E-state index in [0.717, 1.165) is 43.9 Å². The number of rotatable bonds is 5. The molecule has 3 aromatic carbocycles. The second-order valence-corrected chi connectivity index (χ2v) is 8.20. The van der Waals surface area contributed by atoms with Crippen molar-refractivity contribution in [2.75, 3.05) is 0 Å². The van der Waals surface area contributed by atoms with Crippen LogP contribution in [0.1, 0.15) is 21.7 Å². The highest BCUT2D eigenvalue weighted by molar-refractivity contribution is 7.13. The van der Waals surface area contributed by atoms with Gasteiger partial charge in [0.1, 0.15) is 10.6 Å². The number of carbonyl (C=O) groups excluding carboxylic acids is 1. The summed E-state index contributed by atoms with van der Waals surface area (Å²) in [7, 11) is 0. The summed E-state index contributed by atoms with van der Waals surface area (Å²) >= 11 is 1.62. The maximum Gasteiger partial charge on any atom is 0.287 e. The molecule has 0 fully saturated rings. The standard InChI is InChI=1S/C26H20N2O2S/c1-17-21-12-5-6-13-23(21)30-24(17)25(29)27-15-18-8-7-11-20(14-18)26-28-22(16-31-26)19-9-3-2-4-10-19/h2-14,16H,15H2,1H3,(H,27,29). The third kappa shape index (κ3) is 3.88. The lowest BCUT2D eigenvalue weighted by atomic mass is 10.1. The number of para-hydroxylation sites is 1. The Morgan fingerprint density at radius 2 is 1.74 bits per heavy atom. The van der Waals surface area contributed by atoms with E-state index in [1.54, 1.807) is 11.3 Å². The number of thiazole rings is 1. The van der Waals surface area contributed by atoms with E-state index in [1.165, 1.54) is 0 Å². The van der Waals surface area contributed by atoms with Gasteiger partial charge in [0.2, 0.25) is 0 Å². The SMILES string of the molecule is Cc1c(C(=O)NCc2cccc(-c3nc(-c4ccccc4)cs3)c2)oc2ccccc12. The number of benzene rings is 3. The van der Waals surface area contributed by atoms with Gasteiger partial charge in [0.25, 0.3) is 5.91 Å². The molecule has 0 saturated heterocycles. The molecule has 5 aromatic rings. The predicted octanol–water partition coefficient (Wildman–Crippen LogP) is 6.46. The topological polar surface area (TPSA) is 55.1 Å². The monoisotopic (exact) mass is 424 g/mol. The summed E-state index contributed by atoms with van der Waals surface area (Å²) in [5, 5.41) is 6.97. The lowest BCUT2D eigenvalue weighted by Crippen LogP contribution is -2.22. The summed E-state index contributed by atoms with van der Waals surface area (Å²) in [5.74, 6) is 0.157. The van der Waals surface area contributed by atoms with Gasteiger partial charge in [-0.1, -0.05) is 66.7 Å². The van der Waals surface area contributed by atoms with Gasteiger partial charge in [-0.2, -0.15) is 0 Å². The molecule has 0 saturated carbocycles. The van der Waals surface area contributed by atoms with E-state index in [-0.39, 0.29) is 5.91 Å². The van der Waals surface area contributed by atoms with Gasteiger partial charge in [-0.15, -0.1) is 11.3 Å². The van der Waals surface area contributed by atoms with Crippen LogP contribution in [-0.2, 0) is 6.54 Å². The maximum absolute atomic E-state index is 12.7. The van der Waals surface area contributed by atoms with Crippen molar-refractivity contribution in [3.05, 3.63) is 101 Å². The third-order valence-corrected chi connectivity index (χ3v) is 6.14. The average molecular weight is 425 g/mol. The molecule has 4 nitrogen and oxygen atoms in total. The van der Waals surface area contributed by atoms with Crippen molar-refractivity contribution in [2.45, 2.75) is 13.5 Å². The number of fused-ring (bicyclic) bond motifs is 1. The zero-order valence-electron chi connectivity index (χ0n) is 17.0. The molecule has 2 heterocycles. The molecule has 1 N–H and O–H groups in total. The molecule has 0 radical (unpaired) electrons. The van der Waals surface area contributed by atoms with Gasteiger partial charge in [-0.25, -0.2) is 4.98 Å². The number of hydrogen-bond acceptors (Lipinski definition) is 4. The van der Waals surface area contributed by atoms with Crippen LogP contribution in [0.5, 0.6) is 0 Å². The summed E-state index contributed by atoms with van der Waals surface area (Å²) in [6, 6.07) is 25.9. The van der Waals surface area contributed by atoms with Gasteiger partial charge in [0, 0.05) is 34.0 Å². The van der Waals surface area contributed by atoms with Gasteiger partial charge >= 0.3 is 0 Å². The number of carbonyl (C=O) groups is 1. The summed E-state index contributed by atoms with van der Waals surface area (Å²) < 4.78 is 5.77. The molecular weight excluding hydrogens is 404 g/mol. The number of furan rings is 1. The minimum atomic E-state index is -0.209. The average Bonchev–Trinajstić information content (AvgIpc) is 3.44. The van der Waals surface area contributed by atoms with Crippen LogP contribution >= 0.6 is 11.3 Å². The molecule has 0 aliphatic rings. The number of aromatic nitrogens is 1. The van der Waals surface area contributed by atoms with Gasteiger partial charge in [-0.3, -0.25) is 4.79 Å². The Bertz CT molecular complexity index is 1370. The van der Waals surface area contributed by atoms with E-state index in [9.17, 15) is 4.79 Å². The maximum atomic E-state index is 12.7. The molecule has 0 bridgehead atoms. The van der Waals surface area contributed by atoms with Gasteiger partial charge in [0.15, 0.2) is 5.76 Å². The first-order valence-electron chi connectivity index (χ1n) is 10.1. The van der Waals surface area contributed by atoms with E-state index in [2.05, 4.69) is 28.9 Å². The van der Waals surface area contributed by atoms with Crippen molar-refractivity contribution < 1.29 is 9.21 Å². The van der Waals surface area contributed by atoms with Crippen LogP contribution in [0.4, 0.5) is 0 Å². The van der Waals surface area contributed by atoms with E-state index in [0.29, 0.717) is 12.3 Å². The summed E-state index contributed by atoms with van der Waals surface area (Å²) in [6.45, 7) is 2.33. The number of aryl methyl sites for hydroxylation is 1. The van der Waals surface area contributed by atoms with Crippen molar-refractivity contribution >= 4 is 28.2 Å². The highest BCUT2D eigenvalue weighted by atomic mass is 32.1. The Kier molecular flexibility index (Phi) is 5.10. The van der Waals surface area contributed by atoms with Crippen LogP contribution in [0.25, 0.3) is 32.8 Å². The number of amides is 1. The minimum absolute atomic E-state index is 0.209. The van der Waals surface area contributed by atoms with E-state index < -0.39 is 0 Å². The molecule has 0 unspecified atom stereocenters. The van der Waals surface area contributed by atoms with E-state index >= 15 is 0 Å². The van der Waals surface area contributed by atoms with Crippen molar-refractivity contribution in [1.29, 1.82) is 0 Å². The van der Waals surface area contributed by atoms with Crippen molar-refractivity contribution in [1.82, 2.24) is 10.3 Å². The first kappa shape index (κ1) is 19.3. The fraction of sp³-hybridized carbons (Fsp3) is 0.0769. The van der Waals surface area contributed by atoms with Crippen LogP contribution in [0.15, 0.2) is 88.7 Å². The number of hydrogen-bond donors (Lipinski definition) is 1. The van der Waals surface area contributed by atoms with Crippen LogP contribution < -0.4 is 5.32 Å². The van der Waals surface area contributed by atoms with Crippen LogP contribution in [-0.4, -0.2) is 10.9 Å². The van der Waals surface area contributed by atoms with Crippen LogP contribution in [0.2, 0.25) is 0 Å². The molecule has 5 heteroatoms. The zero-order chi connectivity index (χ0) is 21.2. The Balaban J connectivity index is 1.32. The largest absolute Gasteiger partial charge is 0.451 e. The second-order valence-electron chi connectivity index (χ2n) is 7.34. The number of nitrogens with zero attached hydrogens (tertiary/aromatic N) is 1.